The Balaban J connectivity index is 2.46. The zero-order valence-electron chi connectivity index (χ0n) is 7.21. The summed E-state index contributed by atoms with van der Waals surface area (Å²) in [6.07, 6.45) is 0. The molecule has 1 amide bonds. The highest BCUT2D eigenvalue weighted by molar-refractivity contribution is 8.00. The van der Waals surface area contributed by atoms with Crippen molar-refractivity contribution in [1.29, 1.82) is 0 Å². The van der Waals surface area contributed by atoms with Gasteiger partial charge in [-0.2, -0.15) is 0 Å². The summed E-state index contributed by atoms with van der Waals surface area (Å²) < 4.78 is 0. The van der Waals surface area contributed by atoms with Gasteiger partial charge in [0.2, 0.25) is 5.91 Å². The Morgan fingerprint density at radius 1 is 1.46 bits per heavy atom. The van der Waals surface area contributed by atoms with Gasteiger partial charge in [-0.3, -0.25) is 4.79 Å². The van der Waals surface area contributed by atoms with E-state index in [-0.39, 0.29) is 5.91 Å². The van der Waals surface area contributed by atoms with Crippen LogP contribution in [0.3, 0.4) is 0 Å². The topological polar surface area (TPSA) is 29.1 Å². The van der Waals surface area contributed by atoms with Gasteiger partial charge in [0.15, 0.2) is 0 Å². The van der Waals surface area contributed by atoms with Gasteiger partial charge in [0.05, 0.1) is 5.75 Å². The second-order valence-corrected chi connectivity index (χ2v) is 3.90. The van der Waals surface area contributed by atoms with Crippen LogP contribution in [-0.4, -0.2) is 18.7 Å². The monoisotopic (exact) mass is 215 g/mol. The van der Waals surface area contributed by atoms with E-state index in [1.54, 1.807) is 7.05 Å². The van der Waals surface area contributed by atoms with Crippen molar-refractivity contribution in [3.8, 4) is 0 Å². The number of benzene rings is 1. The number of carbonyl (C=O) groups excluding carboxylic acids is 1. The summed E-state index contributed by atoms with van der Waals surface area (Å²) in [6.45, 7) is 0. The smallest absolute Gasteiger partial charge is 0.230 e. The van der Waals surface area contributed by atoms with Gasteiger partial charge >= 0.3 is 0 Å². The molecule has 0 aliphatic rings. The molecule has 1 aromatic carbocycles. The normalized spacial score (nSPS) is 9.69. The largest absolute Gasteiger partial charge is 0.358 e. The molecule has 0 bridgehead atoms. The highest BCUT2D eigenvalue weighted by Crippen LogP contribution is 2.19. The first-order valence-corrected chi connectivity index (χ1v) is 5.17. The molecular formula is C9H10ClNOS. The molecule has 1 aromatic rings. The summed E-state index contributed by atoms with van der Waals surface area (Å²) in [4.78, 5) is 11.9. The van der Waals surface area contributed by atoms with Gasteiger partial charge in [-0.1, -0.05) is 11.6 Å². The lowest BCUT2D eigenvalue weighted by Gasteiger charge is -2.00. The molecule has 0 aliphatic heterocycles. The van der Waals surface area contributed by atoms with Crippen molar-refractivity contribution in [2.75, 3.05) is 12.8 Å². The Morgan fingerprint density at radius 3 is 2.62 bits per heavy atom. The summed E-state index contributed by atoms with van der Waals surface area (Å²) in [5.74, 6) is 0.470. The molecule has 0 fully saturated rings. The molecule has 0 spiro atoms. The first-order chi connectivity index (χ1) is 6.22. The SMILES string of the molecule is CNC(=O)CSc1ccc(Cl)cc1. The number of rotatable bonds is 3. The van der Waals surface area contributed by atoms with Gasteiger partial charge in [-0.15, -0.1) is 11.8 Å². The van der Waals surface area contributed by atoms with E-state index in [1.165, 1.54) is 11.8 Å². The third-order valence-corrected chi connectivity index (χ3v) is 2.73. The van der Waals surface area contributed by atoms with Gasteiger partial charge in [-0.25, -0.2) is 0 Å². The third-order valence-electron chi connectivity index (χ3n) is 1.46. The third kappa shape index (κ3) is 3.70. The number of thioether (sulfide) groups is 1. The molecule has 1 rings (SSSR count). The Morgan fingerprint density at radius 2 is 2.08 bits per heavy atom. The molecule has 1 N–H and O–H groups in total. The van der Waals surface area contributed by atoms with E-state index < -0.39 is 0 Å². The van der Waals surface area contributed by atoms with Crippen LogP contribution in [0.4, 0.5) is 0 Å². The number of carbonyl (C=O) groups is 1. The Labute approximate surface area is 86.7 Å². The van der Waals surface area contributed by atoms with Crippen LogP contribution in [0, 0.1) is 0 Å². The van der Waals surface area contributed by atoms with Crippen LogP contribution in [0.1, 0.15) is 0 Å². The van der Waals surface area contributed by atoms with Crippen molar-refractivity contribution in [3.63, 3.8) is 0 Å². The summed E-state index contributed by atoms with van der Waals surface area (Å²) in [7, 11) is 1.63. The van der Waals surface area contributed by atoms with E-state index in [2.05, 4.69) is 5.32 Å². The number of halogens is 1. The fourth-order valence-corrected chi connectivity index (χ4v) is 1.65. The number of nitrogens with one attached hydrogen (secondary N) is 1. The average Bonchev–Trinajstić information content (AvgIpc) is 2.16. The summed E-state index contributed by atoms with van der Waals surface area (Å²) in [5, 5.41) is 3.27. The van der Waals surface area contributed by atoms with Crippen molar-refractivity contribution in [1.82, 2.24) is 5.32 Å². The quantitative estimate of drug-likeness (QED) is 0.784. The highest BCUT2D eigenvalue weighted by atomic mass is 35.5. The molecule has 13 heavy (non-hydrogen) atoms. The summed E-state index contributed by atoms with van der Waals surface area (Å²) in [6, 6.07) is 7.42. The maximum Gasteiger partial charge on any atom is 0.230 e. The average molecular weight is 216 g/mol. The van der Waals surface area contributed by atoms with Crippen LogP contribution >= 0.6 is 23.4 Å². The Bertz CT molecular complexity index is 286. The van der Waals surface area contributed by atoms with Crippen molar-refractivity contribution in [2.24, 2.45) is 0 Å². The van der Waals surface area contributed by atoms with E-state index >= 15 is 0 Å². The molecular weight excluding hydrogens is 206 g/mol. The van der Waals surface area contributed by atoms with Crippen LogP contribution in [-0.2, 0) is 4.79 Å². The molecule has 0 heterocycles. The zero-order valence-corrected chi connectivity index (χ0v) is 8.78. The van der Waals surface area contributed by atoms with Crippen LogP contribution in [0.25, 0.3) is 0 Å². The van der Waals surface area contributed by atoms with Crippen molar-refractivity contribution in [3.05, 3.63) is 29.3 Å². The molecule has 70 valence electrons. The minimum absolute atomic E-state index is 0.0277. The van der Waals surface area contributed by atoms with E-state index in [9.17, 15) is 4.79 Å². The molecule has 0 saturated carbocycles. The lowest BCUT2D eigenvalue weighted by atomic mass is 10.4. The van der Waals surface area contributed by atoms with Gasteiger partial charge < -0.3 is 5.32 Å². The standard InChI is InChI=1S/C9H10ClNOS/c1-11-9(12)6-13-8-4-2-7(10)3-5-8/h2-5H,6H2,1H3,(H,11,12). The molecule has 2 nitrogen and oxygen atoms in total. The van der Waals surface area contributed by atoms with Crippen LogP contribution < -0.4 is 5.32 Å². The van der Waals surface area contributed by atoms with E-state index in [0.29, 0.717) is 10.8 Å². The molecule has 0 radical (unpaired) electrons. The lowest BCUT2D eigenvalue weighted by Crippen LogP contribution is -2.19. The van der Waals surface area contributed by atoms with Crippen LogP contribution in [0.5, 0.6) is 0 Å². The first-order valence-electron chi connectivity index (χ1n) is 3.81. The Kier molecular flexibility index (Phi) is 4.12. The van der Waals surface area contributed by atoms with E-state index in [1.807, 2.05) is 24.3 Å². The minimum Gasteiger partial charge on any atom is -0.358 e. The molecule has 0 aromatic heterocycles. The van der Waals surface area contributed by atoms with E-state index in [4.69, 9.17) is 11.6 Å². The predicted molar refractivity (Wildman–Crippen MR) is 56.2 cm³/mol. The highest BCUT2D eigenvalue weighted by Gasteiger charge is 1.99. The maximum absolute atomic E-state index is 10.9. The van der Waals surface area contributed by atoms with Crippen molar-refractivity contribution in [2.45, 2.75) is 4.90 Å². The summed E-state index contributed by atoms with van der Waals surface area (Å²) >= 11 is 7.20. The second-order valence-electron chi connectivity index (χ2n) is 2.42. The lowest BCUT2D eigenvalue weighted by molar-refractivity contribution is -0.118. The van der Waals surface area contributed by atoms with Crippen LogP contribution in [0.2, 0.25) is 5.02 Å². The number of hydrogen-bond acceptors (Lipinski definition) is 2. The Hall–Kier alpha value is -0.670. The van der Waals surface area contributed by atoms with E-state index in [0.717, 1.165) is 4.90 Å². The predicted octanol–water partition coefficient (Wildman–Crippen LogP) is 2.18. The van der Waals surface area contributed by atoms with Gasteiger partial charge in [0, 0.05) is 17.0 Å². The second kappa shape index (κ2) is 5.14. The van der Waals surface area contributed by atoms with Crippen LogP contribution in [0.15, 0.2) is 29.2 Å². The van der Waals surface area contributed by atoms with Crippen molar-refractivity contribution < 1.29 is 4.79 Å². The van der Waals surface area contributed by atoms with Crippen molar-refractivity contribution >= 4 is 29.3 Å². The van der Waals surface area contributed by atoms with Gasteiger partial charge in [0.25, 0.3) is 0 Å². The molecule has 4 heteroatoms. The fraction of sp³-hybridized carbons (Fsp3) is 0.222. The molecule has 0 unspecified atom stereocenters. The first kappa shape index (κ1) is 10.4. The molecule has 0 saturated heterocycles. The maximum atomic E-state index is 10.9. The van der Waals surface area contributed by atoms with Gasteiger partial charge in [-0.05, 0) is 24.3 Å². The number of hydrogen-bond donors (Lipinski definition) is 1. The zero-order chi connectivity index (χ0) is 9.68. The number of amides is 1. The fourth-order valence-electron chi connectivity index (χ4n) is 0.752. The molecule has 0 aliphatic carbocycles. The van der Waals surface area contributed by atoms with Gasteiger partial charge in [0.1, 0.15) is 0 Å². The molecule has 0 atom stereocenters. The summed E-state index contributed by atoms with van der Waals surface area (Å²) in [5.41, 5.74) is 0. The minimum atomic E-state index is 0.0277.